The summed E-state index contributed by atoms with van der Waals surface area (Å²) in [5.74, 6) is 2.38. The van der Waals surface area contributed by atoms with Crippen molar-refractivity contribution in [2.75, 3.05) is 6.61 Å². The molecule has 112 valence electrons. The third-order valence-corrected chi connectivity index (χ3v) is 4.15. The van der Waals surface area contributed by atoms with Gasteiger partial charge in [0.2, 0.25) is 0 Å². The van der Waals surface area contributed by atoms with Crippen LogP contribution in [0.5, 0.6) is 5.75 Å². The van der Waals surface area contributed by atoms with Gasteiger partial charge in [0.1, 0.15) is 5.75 Å². The molecule has 2 rings (SSSR count). The molecule has 0 aromatic heterocycles. The lowest BCUT2D eigenvalue weighted by Gasteiger charge is -2.30. The molecule has 0 aliphatic heterocycles. The number of hydrogen-bond donors (Lipinski definition) is 1. The van der Waals surface area contributed by atoms with Gasteiger partial charge in [-0.1, -0.05) is 26.0 Å². The zero-order valence-electron chi connectivity index (χ0n) is 13.6. The Morgan fingerprint density at radius 2 is 1.75 bits per heavy atom. The Morgan fingerprint density at radius 1 is 1.15 bits per heavy atom. The van der Waals surface area contributed by atoms with E-state index in [0.29, 0.717) is 12.0 Å². The molecule has 0 saturated heterocycles. The Hall–Kier alpha value is -1.02. The SMILES string of the molecule is CC(C)COc1ccc(C(C)NC(C)(C)C2CC2)cc1. The van der Waals surface area contributed by atoms with Crippen LogP contribution < -0.4 is 10.1 Å². The maximum absolute atomic E-state index is 5.73. The average Bonchev–Trinajstić information content (AvgIpc) is 3.21. The van der Waals surface area contributed by atoms with E-state index in [-0.39, 0.29) is 5.54 Å². The highest BCUT2D eigenvalue weighted by molar-refractivity contribution is 5.29. The first kappa shape index (κ1) is 15.4. The minimum absolute atomic E-state index is 0.242. The van der Waals surface area contributed by atoms with E-state index in [1.807, 2.05) is 0 Å². The summed E-state index contributed by atoms with van der Waals surface area (Å²) >= 11 is 0. The van der Waals surface area contributed by atoms with Gasteiger partial charge in [-0.05, 0) is 63.1 Å². The lowest BCUT2D eigenvalue weighted by atomic mass is 9.96. The van der Waals surface area contributed by atoms with E-state index in [4.69, 9.17) is 4.74 Å². The predicted molar refractivity (Wildman–Crippen MR) is 85.1 cm³/mol. The van der Waals surface area contributed by atoms with E-state index in [9.17, 15) is 0 Å². The van der Waals surface area contributed by atoms with Crippen molar-refractivity contribution in [2.24, 2.45) is 11.8 Å². The maximum atomic E-state index is 5.73. The molecule has 0 spiro atoms. The normalized spacial score (nSPS) is 17.3. The lowest BCUT2D eigenvalue weighted by molar-refractivity contribution is 0.270. The van der Waals surface area contributed by atoms with Crippen molar-refractivity contribution in [3.8, 4) is 5.75 Å². The number of hydrogen-bond acceptors (Lipinski definition) is 2. The highest BCUT2D eigenvalue weighted by atomic mass is 16.5. The van der Waals surface area contributed by atoms with Crippen LogP contribution in [-0.4, -0.2) is 12.1 Å². The predicted octanol–water partition coefficient (Wildman–Crippen LogP) is 4.56. The van der Waals surface area contributed by atoms with E-state index in [1.54, 1.807) is 0 Å². The maximum Gasteiger partial charge on any atom is 0.119 e. The summed E-state index contributed by atoms with van der Waals surface area (Å²) in [5, 5.41) is 3.76. The topological polar surface area (TPSA) is 21.3 Å². The average molecular weight is 275 g/mol. The lowest BCUT2D eigenvalue weighted by Crippen LogP contribution is -2.42. The Kier molecular flexibility index (Phi) is 4.74. The van der Waals surface area contributed by atoms with E-state index in [2.05, 4.69) is 64.2 Å². The molecule has 2 nitrogen and oxygen atoms in total. The number of benzene rings is 1. The molecule has 1 aromatic rings. The van der Waals surface area contributed by atoms with Crippen molar-refractivity contribution in [3.63, 3.8) is 0 Å². The Balaban J connectivity index is 1.91. The number of ether oxygens (including phenoxy) is 1. The van der Waals surface area contributed by atoms with E-state index in [0.717, 1.165) is 18.3 Å². The summed E-state index contributed by atoms with van der Waals surface area (Å²) in [6.07, 6.45) is 2.74. The van der Waals surface area contributed by atoms with Gasteiger partial charge in [-0.15, -0.1) is 0 Å². The molecule has 1 aliphatic carbocycles. The van der Waals surface area contributed by atoms with Gasteiger partial charge < -0.3 is 10.1 Å². The van der Waals surface area contributed by atoms with Gasteiger partial charge in [-0.2, -0.15) is 0 Å². The first-order valence-electron chi connectivity index (χ1n) is 7.89. The van der Waals surface area contributed by atoms with Gasteiger partial charge in [-0.3, -0.25) is 0 Å². The molecule has 20 heavy (non-hydrogen) atoms. The molecule has 0 radical (unpaired) electrons. The van der Waals surface area contributed by atoms with Crippen molar-refractivity contribution < 1.29 is 4.74 Å². The standard InChI is InChI=1S/C18H29NO/c1-13(2)12-20-17-10-6-15(7-11-17)14(3)19-18(4,5)16-8-9-16/h6-7,10-11,13-14,16,19H,8-9,12H2,1-5H3. The molecule has 0 amide bonds. The summed E-state index contributed by atoms with van der Waals surface area (Å²) in [6, 6.07) is 8.90. The second-order valence-corrected chi connectivity index (χ2v) is 7.14. The summed E-state index contributed by atoms with van der Waals surface area (Å²) in [6.45, 7) is 12.0. The van der Waals surface area contributed by atoms with Crippen LogP contribution in [0.1, 0.15) is 59.1 Å². The molecule has 0 heterocycles. The van der Waals surface area contributed by atoms with Crippen molar-refractivity contribution >= 4 is 0 Å². The fourth-order valence-electron chi connectivity index (χ4n) is 2.68. The first-order valence-corrected chi connectivity index (χ1v) is 7.89. The van der Waals surface area contributed by atoms with Crippen LogP contribution in [0.25, 0.3) is 0 Å². The molecule has 1 unspecified atom stereocenters. The van der Waals surface area contributed by atoms with Gasteiger partial charge in [-0.25, -0.2) is 0 Å². The van der Waals surface area contributed by atoms with Gasteiger partial charge in [0.05, 0.1) is 6.61 Å². The van der Waals surface area contributed by atoms with Crippen LogP contribution in [0.3, 0.4) is 0 Å². The summed E-state index contributed by atoms with van der Waals surface area (Å²) in [5.41, 5.74) is 1.57. The van der Waals surface area contributed by atoms with Crippen LogP contribution in [-0.2, 0) is 0 Å². The van der Waals surface area contributed by atoms with Crippen LogP contribution in [0.2, 0.25) is 0 Å². The summed E-state index contributed by atoms with van der Waals surface area (Å²) in [4.78, 5) is 0. The fourth-order valence-corrected chi connectivity index (χ4v) is 2.68. The highest BCUT2D eigenvalue weighted by Gasteiger charge is 2.38. The minimum Gasteiger partial charge on any atom is -0.493 e. The molecule has 1 N–H and O–H groups in total. The summed E-state index contributed by atoms with van der Waals surface area (Å²) in [7, 11) is 0. The highest BCUT2D eigenvalue weighted by Crippen LogP contribution is 2.40. The van der Waals surface area contributed by atoms with Crippen molar-refractivity contribution in [1.82, 2.24) is 5.32 Å². The van der Waals surface area contributed by atoms with E-state index in [1.165, 1.54) is 18.4 Å². The van der Waals surface area contributed by atoms with E-state index < -0.39 is 0 Å². The fraction of sp³-hybridized carbons (Fsp3) is 0.667. The molecule has 1 fully saturated rings. The second-order valence-electron chi connectivity index (χ2n) is 7.14. The van der Waals surface area contributed by atoms with E-state index >= 15 is 0 Å². The second kappa shape index (κ2) is 6.17. The third-order valence-electron chi connectivity index (χ3n) is 4.15. The van der Waals surface area contributed by atoms with Crippen molar-refractivity contribution in [1.29, 1.82) is 0 Å². The van der Waals surface area contributed by atoms with Gasteiger partial charge in [0, 0.05) is 11.6 Å². The first-order chi connectivity index (χ1) is 9.38. The van der Waals surface area contributed by atoms with Crippen molar-refractivity contribution in [2.45, 2.75) is 59.0 Å². The number of nitrogens with one attached hydrogen (secondary N) is 1. The van der Waals surface area contributed by atoms with Crippen LogP contribution in [0.15, 0.2) is 24.3 Å². The Morgan fingerprint density at radius 3 is 2.25 bits per heavy atom. The molecule has 0 bridgehead atoms. The molecule has 2 heteroatoms. The molecule has 1 atom stereocenters. The number of rotatable bonds is 7. The Bertz CT molecular complexity index is 418. The monoisotopic (exact) mass is 275 g/mol. The Labute approximate surface area is 123 Å². The molecule has 1 saturated carbocycles. The van der Waals surface area contributed by atoms with Crippen LogP contribution in [0, 0.1) is 11.8 Å². The zero-order chi connectivity index (χ0) is 14.8. The third kappa shape index (κ3) is 4.24. The molecular weight excluding hydrogens is 246 g/mol. The zero-order valence-corrected chi connectivity index (χ0v) is 13.6. The quantitative estimate of drug-likeness (QED) is 0.787. The largest absolute Gasteiger partial charge is 0.493 e. The molecule has 1 aliphatic rings. The minimum atomic E-state index is 0.242. The smallest absolute Gasteiger partial charge is 0.119 e. The molecular formula is C18H29NO. The van der Waals surface area contributed by atoms with Crippen LogP contribution in [0.4, 0.5) is 0 Å². The van der Waals surface area contributed by atoms with Crippen LogP contribution >= 0.6 is 0 Å². The molecule has 1 aromatic carbocycles. The van der Waals surface area contributed by atoms with Gasteiger partial charge in [0.25, 0.3) is 0 Å². The van der Waals surface area contributed by atoms with Crippen molar-refractivity contribution in [3.05, 3.63) is 29.8 Å². The van der Waals surface area contributed by atoms with Gasteiger partial charge in [0.15, 0.2) is 0 Å². The summed E-state index contributed by atoms with van der Waals surface area (Å²) < 4.78 is 5.73. The van der Waals surface area contributed by atoms with Gasteiger partial charge >= 0.3 is 0 Å².